The van der Waals surface area contributed by atoms with Gasteiger partial charge in [0.1, 0.15) is 0 Å². The van der Waals surface area contributed by atoms with Crippen molar-refractivity contribution in [3.63, 3.8) is 0 Å². The van der Waals surface area contributed by atoms with Gasteiger partial charge >= 0.3 is 0 Å². The first kappa shape index (κ1) is 15.8. The van der Waals surface area contributed by atoms with Crippen molar-refractivity contribution in [1.82, 2.24) is 10.0 Å². The van der Waals surface area contributed by atoms with Gasteiger partial charge in [-0.25, -0.2) is 13.1 Å². The van der Waals surface area contributed by atoms with E-state index in [4.69, 9.17) is 11.6 Å². The van der Waals surface area contributed by atoms with Gasteiger partial charge in [-0.3, -0.25) is 10.1 Å². The first-order valence-corrected chi connectivity index (χ1v) is 7.65. The zero-order valence-corrected chi connectivity index (χ0v) is 11.8. The van der Waals surface area contributed by atoms with E-state index in [-0.39, 0.29) is 18.8 Å². The van der Waals surface area contributed by atoms with Crippen molar-refractivity contribution in [2.45, 2.75) is 6.54 Å². The minimum Gasteiger partial charge on any atom is -0.311 e. The molecule has 7 nitrogen and oxygen atoms in total. The van der Waals surface area contributed by atoms with Crippen LogP contribution in [-0.4, -0.2) is 32.7 Å². The maximum atomic E-state index is 10.8. The van der Waals surface area contributed by atoms with Crippen molar-refractivity contribution in [1.29, 1.82) is 0 Å². The average molecular weight is 308 g/mol. The van der Waals surface area contributed by atoms with Gasteiger partial charge < -0.3 is 5.32 Å². The van der Waals surface area contributed by atoms with E-state index in [9.17, 15) is 18.5 Å². The summed E-state index contributed by atoms with van der Waals surface area (Å²) in [6.07, 6.45) is 1.06. The molecule has 0 aliphatic heterocycles. The van der Waals surface area contributed by atoms with E-state index in [2.05, 4.69) is 10.0 Å². The van der Waals surface area contributed by atoms with Crippen LogP contribution >= 0.6 is 11.6 Å². The fraction of sp³-hybridized carbons (Fsp3) is 0.400. The lowest BCUT2D eigenvalue weighted by Crippen LogP contribution is -2.30. The molecular formula is C10H14ClN3O4S. The van der Waals surface area contributed by atoms with Crippen LogP contribution < -0.4 is 10.0 Å². The highest BCUT2D eigenvalue weighted by Crippen LogP contribution is 2.25. The standard InChI is InChI=1S/C10H14ClN3O4S/c1-19(17,18)13-6-5-12-7-8-9(11)3-2-4-10(8)14(15)16/h2-4,12-13H,5-7H2,1H3. The molecule has 19 heavy (non-hydrogen) atoms. The van der Waals surface area contributed by atoms with Crippen LogP contribution in [-0.2, 0) is 16.6 Å². The Labute approximate surface area is 116 Å². The van der Waals surface area contributed by atoms with Crippen molar-refractivity contribution >= 4 is 27.3 Å². The second kappa shape index (κ2) is 6.80. The van der Waals surface area contributed by atoms with Crippen molar-refractivity contribution in [3.8, 4) is 0 Å². The molecule has 0 aromatic heterocycles. The number of hydrogen-bond acceptors (Lipinski definition) is 5. The molecule has 0 aliphatic rings. The van der Waals surface area contributed by atoms with Crippen LogP contribution in [0.15, 0.2) is 18.2 Å². The molecule has 1 aromatic rings. The molecule has 1 aromatic carbocycles. The third kappa shape index (κ3) is 5.52. The molecule has 106 valence electrons. The number of nitrogens with one attached hydrogen (secondary N) is 2. The molecule has 9 heteroatoms. The molecule has 2 N–H and O–H groups in total. The topological polar surface area (TPSA) is 101 Å². The molecule has 0 saturated carbocycles. The fourth-order valence-corrected chi connectivity index (χ4v) is 2.14. The van der Waals surface area contributed by atoms with E-state index in [0.717, 1.165) is 6.26 Å². The zero-order valence-electron chi connectivity index (χ0n) is 10.2. The maximum absolute atomic E-state index is 10.8. The second-order valence-electron chi connectivity index (χ2n) is 3.84. The Morgan fingerprint density at radius 3 is 2.63 bits per heavy atom. The van der Waals surface area contributed by atoms with Crippen LogP contribution in [0.4, 0.5) is 5.69 Å². The Morgan fingerprint density at radius 2 is 2.05 bits per heavy atom. The molecule has 1 rings (SSSR count). The van der Waals surface area contributed by atoms with Gasteiger partial charge in [-0.1, -0.05) is 17.7 Å². The van der Waals surface area contributed by atoms with Crippen molar-refractivity contribution < 1.29 is 13.3 Å². The Bertz CT molecular complexity index is 562. The van der Waals surface area contributed by atoms with Crippen LogP contribution in [0.1, 0.15) is 5.56 Å². The first-order chi connectivity index (χ1) is 8.81. The summed E-state index contributed by atoms with van der Waals surface area (Å²) >= 11 is 5.90. The summed E-state index contributed by atoms with van der Waals surface area (Å²) in [7, 11) is -3.22. The highest BCUT2D eigenvalue weighted by Gasteiger charge is 2.15. The molecule has 0 amide bonds. The minimum atomic E-state index is -3.22. The Kier molecular flexibility index (Phi) is 5.67. The predicted molar refractivity (Wildman–Crippen MR) is 72.7 cm³/mol. The summed E-state index contributed by atoms with van der Waals surface area (Å²) in [5, 5.41) is 14.0. The van der Waals surface area contributed by atoms with E-state index in [1.807, 2.05) is 0 Å². The third-order valence-corrected chi connectivity index (χ3v) is 3.34. The van der Waals surface area contributed by atoms with Crippen LogP contribution in [0.5, 0.6) is 0 Å². The largest absolute Gasteiger partial charge is 0.311 e. The molecule has 0 atom stereocenters. The van der Waals surface area contributed by atoms with Gasteiger partial charge in [-0.15, -0.1) is 0 Å². The highest BCUT2D eigenvalue weighted by molar-refractivity contribution is 7.88. The summed E-state index contributed by atoms with van der Waals surface area (Å²) in [6.45, 7) is 0.744. The Hall–Kier alpha value is -1.22. The summed E-state index contributed by atoms with van der Waals surface area (Å²) in [6, 6.07) is 4.45. The van der Waals surface area contributed by atoms with Gasteiger partial charge in [0.15, 0.2) is 0 Å². The summed E-state index contributed by atoms with van der Waals surface area (Å²) < 4.78 is 23.9. The molecular weight excluding hydrogens is 294 g/mol. The predicted octanol–water partition coefficient (Wildman–Crippen LogP) is 0.887. The van der Waals surface area contributed by atoms with Crippen LogP contribution in [0.25, 0.3) is 0 Å². The molecule has 0 fully saturated rings. The lowest BCUT2D eigenvalue weighted by atomic mass is 10.2. The third-order valence-electron chi connectivity index (χ3n) is 2.26. The summed E-state index contributed by atoms with van der Waals surface area (Å²) in [4.78, 5) is 10.3. The van der Waals surface area contributed by atoms with Crippen LogP contribution in [0.3, 0.4) is 0 Å². The highest BCUT2D eigenvalue weighted by atomic mass is 35.5. The van der Waals surface area contributed by atoms with Gasteiger partial charge in [0, 0.05) is 25.7 Å². The lowest BCUT2D eigenvalue weighted by Gasteiger charge is -2.07. The van der Waals surface area contributed by atoms with E-state index < -0.39 is 14.9 Å². The van der Waals surface area contributed by atoms with Crippen LogP contribution in [0.2, 0.25) is 5.02 Å². The quantitative estimate of drug-likeness (QED) is 0.442. The second-order valence-corrected chi connectivity index (χ2v) is 6.08. The zero-order chi connectivity index (χ0) is 14.5. The molecule has 0 bridgehead atoms. The van der Waals surface area contributed by atoms with E-state index in [0.29, 0.717) is 17.1 Å². The van der Waals surface area contributed by atoms with Crippen molar-refractivity contribution in [2.75, 3.05) is 19.3 Å². The molecule has 0 radical (unpaired) electrons. The summed E-state index contributed by atoms with van der Waals surface area (Å²) in [5.41, 5.74) is 0.324. The lowest BCUT2D eigenvalue weighted by molar-refractivity contribution is -0.385. The van der Waals surface area contributed by atoms with Crippen LogP contribution in [0, 0.1) is 10.1 Å². The first-order valence-electron chi connectivity index (χ1n) is 5.38. The SMILES string of the molecule is CS(=O)(=O)NCCNCc1c(Cl)cccc1[N+](=O)[O-]. The number of hydrogen-bond donors (Lipinski definition) is 2. The van der Waals surface area contributed by atoms with Crippen molar-refractivity contribution in [3.05, 3.63) is 38.9 Å². The van der Waals surface area contributed by atoms with Gasteiger partial charge in [0.2, 0.25) is 10.0 Å². The Balaban J connectivity index is 2.56. The smallest absolute Gasteiger partial charge is 0.275 e. The van der Waals surface area contributed by atoms with E-state index >= 15 is 0 Å². The van der Waals surface area contributed by atoms with Gasteiger partial charge in [-0.2, -0.15) is 0 Å². The number of rotatable bonds is 7. The van der Waals surface area contributed by atoms with Crippen molar-refractivity contribution in [2.24, 2.45) is 0 Å². The molecule has 0 unspecified atom stereocenters. The summed E-state index contributed by atoms with van der Waals surface area (Å²) in [5.74, 6) is 0. The number of nitro benzene ring substituents is 1. The number of sulfonamides is 1. The fourth-order valence-electron chi connectivity index (χ4n) is 1.43. The number of halogens is 1. The van der Waals surface area contributed by atoms with E-state index in [1.54, 1.807) is 6.07 Å². The number of nitro groups is 1. The molecule has 0 spiro atoms. The average Bonchev–Trinajstić information content (AvgIpc) is 2.28. The van der Waals surface area contributed by atoms with Gasteiger partial charge in [0.25, 0.3) is 5.69 Å². The normalized spacial score (nSPS) is 11.5. The molecule has 0 heterocycles. The molecule has 0 aliphatic carbocycles. The maximum Gasteiger partial charge on any atom is 0.275 e. The number of nitrogens with zero attached hydrogens (tertiary/aromatic N) is 1. The van der Waals surface area contributed by atoms with Gasteiger partial charge in [-0.05, 0) is 6.07 Å². The number of benzene rings is 1. The molecule has 0 saturated heterocycles. The Morgan fingerprint density at radius 1 is 1.37 bits per heavy atom. The van der Waals surface area contributed by atoms with Gasteiger partial charge in [0.05, 0.1) is 21.8 Å². The monoisotopic (exact) mass is 307 g/mol. The van der Waals surface area contributed by atoms with E-state index in [1.165, 1.54) is 12.1 Å². The minimum absolute atomic E-state index is 0.0592.